The van der Waals surface area contributed by atoms with Crippen LogP contribution in [0.1, 0.15) is 24.8 Å². The zero-order valence-corrected chi connectivity index (χ0v) is 17.4. The molecule has 0 amide bonds. The van der Waals surface area contributed by atoms with Crippen molar-refractivity contribution in [2.45, 2.75) is 25.7 Å². The van der Waals surface area contributed by atoms with Crippen LogP contribution >= 0.6 is 12.4 Å². The number of unbranched alkanes of at least 4 members (excludes halogenated alkanes) is 1. The van der Waals surface area contributed by atoms with Crippen LogP contribution in [0.4, 0.5) is 5.82 Å². The van der Waals surface area contributed by atoms with Gasteiger partial charge in [0.05, 0.1) is 6.20 Å². The molecule has 0 bridgehead atoms. The summed E-state index contributed by atoms with van der Waals surface area (Å²) < 4.78 is 5.88. The van der Waals surface area contributed by atoms with Crippen molar-refractivity contribution in [3.05, 3.63) is 48.4 Å². The lowest BCUT2D eigenvalue weighted by atomic mass is 10.1. The van der Waals surface area contributed by atoms with E-state index >= 15 is 0 Å². The molecule has 0 saturated carbocycles. The van der Waals surface area contributed by atoms with Crippen LogP contribution in [0.5, 0.6) is 5.75 Å². The van der Waals surface area contributed by atoms with E-state index in [1.165, 1.54) is 5.56 Å². The van der Waals surface area contributed by atoms with Crippen LogP contribution in [0.25, 0.3) is 0 Å². The predicted octanol–water partition coefficient (Wildman–Crippen LogP) is 2.90. The van der Waals surface area contributed by atoms with Crippen molar-refractivity contribution in [2.24, 2.45) is 0 Å². The second kappa shape index (κ2) is 12.2. The molecule has 8 heteroatoms. The summed E-state index contributed by atoms with van der Waals surface area (Å²) in [6, 6.07) is 8.13. The van der Waals surface area contributed by atoms with Gasteiger partial charge in [-0.25, -0.2) is 4.98 Å². The van der Waals surface area contributed by atoms with Gasteiger partial charge in [0, 0.05) is 51.5 Å². The molecule has 0 atom stereocenters. The lowest BCUT2D eigenvalue weighted by Gasteiger charge is -2.35. The monoisotopic (exact) mass is 420 g/mol. The molecular weight excluding hydrogens is 392 g/mol. The first kappa shape index (κ1) is 22.9. The highest BCUT2D eigenvalue weighted by atomic mass is 35.5. The van der Waals surface area contributed by atoms with E-state index in [0.717, 1.165) is 63.6 Å². The van der Waals surface area contributed by atoms with Crippen LogP contribution in [-0.2, 0) is 11.2 Å². The lowest BCUT2D eigenvalue weighted by molar-refractivity contribution is -0.137. The first-order valence-corrected chi connectivity index (χ1v) is 9.87. The number of aromatic nitrogens is 2. The molecule has 1 saturated heterocycles. The second-order valence-electron chi connectivity index (χ2n) is 6.99. The Balaban J connectivity index is 0.00000300. The van der Waals surface area contributed by atoms with Crippen molar-refractivity contribution in [1.29, 1.82) is 0 Å². The van der Waals surface area contributed by atoms with Crippen LogP contribution in [0.15, 0.2) is 42.9 Å². The highest BCUT2D eigenvalue weighted by molar-refractivity contribution is 5.85. The van der Waals surface area contributed by atoms with E-state index in [2.05, 4.69) is 31.9 Å². The molecule has 3 rings (SSSR count). The summed E-state index contributed by atoms with van der Waals surface area (Å²) in [6.45, 7) is 5.48. The van der Waals surface area contributed by atoms with Crippen molar-refractivity contribution in [3.8, 4) is 5.75 Å². The van der Waals surface area contributed by atoms with Gasteiger partial charge in [0.2, 0.25) is 0 Å². The van der Waals surface area contributed by atoms with Gasteiger partial charge in [0.25, 0.3) is 0 Å². The number of aryl methyl sites for hydroxylation is 1. The van der Waals surface area contributed by atoms with Gasteiger partial charge in [-0.1, -0.05) is 12.1 Å². The van der Waals surface area contributed by atoms with Crippen LogP contribution in [0.2, 0.25) is 0 Å². The average Bonchev–Trinajstić information content (AvgIpc) is 2.73. The predicted molar refractivity (Wildman–Crippen MR) is 115 cm³/mol. The van der Waals surface area contributed by atoms with Crippen molar-refractivity contribution < 1.29 is 14.6 Å². The van der Waals surface area contributed by atoms with E-state index in [1.807, 2.05) is 18.3 Å². The Bertz CT molecular complexity index is 722. The van der Waals surface area contributed by atoms with E-state index in [0.29, 0.717) is 6.61 Å². The molecule has 1 aliphatic heterocycles. The maximum absolute atomic E-state index is 10.5. The van der Waals surface area contributed by atoms with Crippen LogP contribution < -0.4 is 9.64 Å². The van der Waals surface area contributed by atoms with E-state index in [1.54, 1.807) is 12.4 Å². The number of halogens is 1. The van der Waals surface area contributed by atoms with E-state index in [9.17, 15) is 4.79 Å². The number of anilines is 1. The van der Waals surface area contributed by atoms with Crippen LogP contribution in [0, 0.1) is 0 Å². The molecule has 0 spiro atoms. The Labute approximate surface area is 178 Å². The summed E-state index contributed by atoms with van der Waals surface area (Å²) in [5.41, 5.74) is 1.22. The van der Waals surface area contributed by atoms with Gasteiger partial charge in [0.1, 0.15) is 18.2 Å². The number of benzene rings is 1. The highest BCUT2D eigenvalue weighted by Crippen LogP contribution is 2.15. The Morgan fingerprint density at radius 1 is 1.07 bits per heavy atom. The number of hydrogen-bond acceptors (Lipinski definition) is 6. The van der Waals surface area contributed by atoms with Gasteiger partial charge < -0.3 is 14.7 Å². The number of nitrogens with zero attached hydrogens (tertiary/aromatic N) is 4. The number of aliphatic carboxylic acids is 1. The summed E-state index contributed by atoms with van der Waals surface area (Å²) in [5.74, 6) is 1.10. The fourth-order valence-corrected chi connectivity index (χ4v) is 3.31. The average molecular weight is 421 g/mol. The van der Waals surface area contributed by atoms with Crippen molar-refractivity contribution in [2.75, 3.05) is 44.2 Å². The second-order valence-corrected chi connectivity index (χ2v) is 6.99. The molecular formula is C21H29ClN4O3. The molecule has 29 heavy (non-hydrogen) atoms. The topological polar surface area (TPSA) is 78.8 Å². The van der Waals surface area contributed by atoms with E-state index < -0.39 is 5.97 Å². The molecule has 2 heterocycles. The summed E-state index contributed by atoms with van der Waals surface area (Å²) in [4.78, 5) is 23.7. The molecule has 158 valence electrons. The highest BCUT2D eigenvalue weighted by Gasteiger charge is 2.17. The fraction of sp³-hybridized carbons (Fsp3) is 0.476. The SMILES string of the molecule is Cl.O=C(O)CCCCc1ccc(OCCN2CCN(c3cnccn3)CC2)cc1. The number of carboxylic acids is 1. The molecule has 1 aliphatic rings. The smallest absolute Gasteiger partial charge is 0.303 e. The third kappa shape index (κ3) is 7.87. The Hall–Kier alpha value is -2.38. The number of piperazine rings is 1. The maximum Gasteiger partial charge on any atom is 0.303 e. The Kier molecular flexibility index (Phi) is 9.67. The molecule has 2 aromatic rings. The minimum atomic E-state index is -0.723. The summed E-state index contributed by atoms with van der Waals surface area (Å²) in [7, 11) is 0. The lowest BCUT2D eigenvalue weighted by Crippen LogP contribution is -2.47. The molecule has 0 aliphatic carbocycles. The van der Waals surface area contributed by atoms with Gasteiger partial charge in [-0.15, -0.1) is 12.4 Å². The number of rotatable bonds is 10. The molecule has 7 nitrogen and oxygen atoms in total. The third-order valence-electron chi connectivity index (χ3n) is 4.95. The molecule has 1 fully saturated rings. The maximum atomic E-state index is 10.5. The molecule has 0 radical (unpaired) electrons. The molecule has 1 aromatic carbocycles. The summed E-state index contributed by atoms with van der Waals surface area (Å²) in [5, 5.41) is 8.66. The van der Waals surface area contributed by atoms with Gasteiger partial charge in [-0.3, -0.25) is 14.7 Å². The molecule has 1 N–H and O–H groups in total. The van der Waals surface area contributed by atoms with Crippen LogP contribution in [-0.4, -0.2) is 65.3 Å². The zero-order chi connectivity index (χ0) is 19.6. The largest absolute Gasteiger partial charge is 0.492 e. The molecule has 1 aromatic heterocycles. The first-order valence-electron chi connectivity index (χ1n) is 9.87. The van der Waals surface area contributed by atoms with Crippen LogP contribution in [0.3, 0.4) is 0 Å². The summed E-state index contributed by atoms with van der Waals surface area (Å²) in [6.07, 6.45) is 8.01. The van der Waals surface area contributed by atoms with Gasteiger partial charge in [-0.05, 0) is 37.0 Å². The minimum Gasteiger partial charge on any atom is -0.492 e. The normalized spacial score (nSPS) is 14.3. The van der Waals surface area contributed by atoms with Crippen molar-refractivity contribution >= 4 is 24.2 Å². The number of carbonyl (C=O) groups is 1. The zero-order valence-electron chi connectivity index (χ0n) is 16.6. The number of carboxylic acid groups (broad SMARTS) is 1. The number of ether oxygens (including phenoxy) is 1. The van der Waals surface area contributed by atoms with E-state index in [-0.39, 0.29) is 18.8 Å². The summed E-state index contributed by atoms with van der Waals surface area (Å²) >= 11 is 0. The van der Waals surface area contributed by atoms with E-state index in [4.69, 9.17) is 9.84 Å². The number of hydrogen-bond donors (Lipinski definition) is 1. The Morgan fingerprint density at radius 2 is 1.83 bits per heavy atom. The van der Waals surface area contributed by atoms with Gasteiger partial charge in [-0.2, -0.15) is 0 Å². The first-order chi connectivity index (χ1) is 13.7. The van der Waals surface area contributed by atoms with Crippen molar-refractivity contribution in [3.63, 3.8) is 0 Å². The quantitative estimate of drug-likeness (QED) is 0.592. The minimum absolute atomic E-state index is 0. The molecule has 0 unspecified atom stereocenters. The Morgan fingerprint density at radius 3 is 2.48 bits per heavy atom. The fourth-order valence-electron chi connectivity index (χ4n) is 3.31. The van der Waals surface area contributed by atoms with Gasteiger partial charge in [0.15, 0.2) is 0 Å². The third-order valence-corrected chi connectivity index (χ3v) is 4.95. The van der Waals surface area contributed by atoms with Crippen molar-refractivity contribution in [1.82, 2.24) is 14.9 Å². The van der Waals surface area contributed by atoms with Gasteiger partial charge >= 0.3 is 5.97 Å². The standard InChI is InChI=1S/C21H28N4O3.ClH/c26-21(27)4-2-1-3-18-5-7-19(8-6-18)28-16-15-24-11-13-25(14-12-24)20-17-22-9-10-23-20;/h5-10,17H,1-4,11-16H2,(H,26,27);1H.